The molecule has 0 fully saturated rings. The first-order valence-corrected chi connectivity index (χ1v) is 6.08. The Kier molecular flexibility index (Phi) is 3.62. The number of halogens is 1. The van der Waals surface area contributed by atoms with Gasteiger partial charge in [0.15, 0.2) is 0 Å². The first-order valence-electron chi connectivity index (χ1n) is 5.29. The Hall–Kier alpha value is -1.88. The lowest BCUT2D eigenvalue weighted by atomic mass is 10.1. The first-order chi connectivity index (χ1) is 8.58. The number of carbonyl (C=O) groups excluding carboxylic acids is 1. The van der Waals surface area contributed by atoms with E-state index < -0.39 is 0 Å². The molecule has 2 N–H and O–H groups in total. The maximum Gasteiger partial charge on any atom is 0.255 e. The Bertz CT molecular complexity index is 599. The van der Waals surface area contributed by atoms with Crippen LogP contribution in [0, 0.1) is 6.92 Å². The Balaban J connectivity index is 2.22. The highest BCUT2D eigenvalue weighted by Gasteiger charge is 2.09. The van der Waals surface area contributed by atoms with Crippen molar-refractivity contribution in [2.75, 3.05) is 5.32 Å². The van der Waals surface area contributed by atoms with Crippen molar-refractivity contribution < 1.29 is 9.90 Å². The SMILES string of the molecule is Cc1ccc(C(=O)Nc2cccnc2Br)cc1O. The third-order valence-electron chi connectivity index (χ3n) is 2.48. The van der Waals surface area contributed by atoms with E-state index in [0.717, 1.165) is 5.56 Å². The van der Waals surface area contributed by atoms with Crippen LogP contribution < -0.4 is 5.32 Å². The standard InChI is InChI=1S/C13H11BrN2O2/c1-8-4-5-9(7-11(8)17)13(18)16-10-3-2-6-15-12(10)14/h2-7,17H,1H3,(H,16,18). The van der Waals surface area contributed by atoms with Crippen LogP contribution in [-0.2, 0) is 0 Å². The highest BCUT2D eigenvalue weighted by atomic mass is 79.9. The third kappa shape index (κ3) is 2.68. The van der Waals surface area contributed by atoms with E-state index in [4.69, 9.17) is 0 Å². The molecule has 2 rings (SSSR count). The van der Waals surface area contributed by atoms with Crippen LogP contribution in [0.3, 0.4) is 0 Å². The van der Waals surface area contributed by atoms with Crippen LogP contribution in [0.25, 0.3) is 0 Å². The molecule has 0 aliphatic rings. The number of nitrogens with one attached hydrogen (secondary N) is 1. The van der Waals surface area contributed by atoms with Crippen molar-refractivity contribution in [3.63, 3.8) is 0 Å². The third-order valence-corrected chi connectivity index (χ3v) is 3.11. The highest BCUT2D eigenvalue weighted by molar-refractivity contribution is 9.10. The molecule has 0 bridgehead atoms. The number of pyridine rings is 1. The maximum atomic E-state index is 12.0. The van der Waals surface area contributed by atoms with Crippen LogP contribution in [0.2, 0.25) is 0 Å². The molecule has 5 heteroatoms. The van der Waals surface area contributed by atoms with Crippen LogP contribution >= 0.6 is 15.9 Å². The number of benzene rings is 1. The molecule has 0 saturated carbocycles. The van der Waals surface area contributed by atoms with Gasteiger partial charge in [0.2, 0.25) is 0 Å². The quantitative estimate of drug-likeness (QED) is 0.838. The van der Waals surface area contributed by atoms with Crippen molar-refractivity contribution in [1.82, 2.24) is 4.98 Å². The second-order valence-corrected chi connectivity index (χ2v) is 4.55. The number of nitrogens with zero attached hydrogens (tertiary/aromatic N) is 1. The van der Waals surface area contributed by atoms with E-state index in [0.29, 0.717) is 15.9 Å². The lowest BCUT2D eigenvalue weighted by Gasteiger charge is -2.07. The molecule has 0 unspecified atom stereocenters. The number of phenols is 1. The Morgan fingerprint density at radius 1 is 1.39 bits per heavy atom. The number of rotatable bonds is 2. The molecule has 0 radical (unpaired) electrons. The molecular formula is C13H11BrN2O2. The summed E-state index contributed by atoms with van der Waals surface area (Å²) < 4.78 is 0.565. The second kappa shape index (κ2) is 5.18. The molecule has 0 saturated heterocycles. The van der Waals surface area contributed by atoms with Crippen LogP contribution in [0.15, 0.2) is 41.1 Å². The summed E-state index contributed by atoms with van der Waals surface area (Å²) in [6, 6.07) is 8.27. The summed E-state index contributed by atoms with van der Waals surface area (Å²) in [5.41, 5.74) is 1.71. The van der Waals surface area contributed by atoms with E-state index in [9.17, 15) is 9.90 Å². The molecule has 0 aliphatic carbocycles. The molecule has 2 aromatic rings. The highest BCUT2D eigenvalue weighted by Crippen LogP contribution is 2.21. The van der Waals surface area contributed by atoms with Crippen molar-refractivity contribution in [2.45, 2.75) is 6.92 Å². The minimum Gasteiger partial charge on any atom is -0.508 e. The monoisotopic (exact) mass is 306 g/mol. The normalized spacial score (nSPS) is 10.1. The average Bonchev–Trinajstić information content (AvgIpc) is 2.35. The Labute approximate surface area is 113 Å². The van der Waals surface area contributed by atoms with Crippen LogP contribution in [0.4, 0.5) is 5.69 Å². The fourth-order valence-corrected chi connectivity index (χ4v) is 1.77. The largest absolute Gasteiger partial charge is 0.508 e. The van der Waals surface area contributed by atoms with Gasteiger partial charge < -0.3 is 10.4 Å². The minimum absolute atomic E-state index is 0.105. The molecule has 4 nitrogen and oxygen atoms in total. The summed E-state index contributed by atoms with van der Waals surface area (Å²) in [4.78, 5) is 16.0. The maximum absolute atomic E-state index is 12.0. The Morgan fingerprint density at radius 3 is 2.83 bits per heavy atom. The number of hydrogen-bond acceptors (Lipinski definition) is 3. The van der Waals surface area contributed by atoms with Gasteiger partial charge in [-0.1, -0.05) is 6.07 Å². The van der Waals surface area contributed by atoms with Crippen molar-refractivity contribution in [3.05, 3.63) is 52.3 Å². The zero-order valence-corrected chi connectivity index (χ0v) is 11.2. The summed E-state index contributed by atoms with van der Waals surface area (Å²) in [5.74, 6) is -0.188. The predicted octanol–water partition coefficient (Wildman–Crippen LogP) is 3.11. The minimum atomic E-state index is -0.293. The number of aromatic nitrogens is 1. The second-order valence-electron chi connectivity index (χ2n) is 3.80. The topological polar surface area (TPSA) is 62.2 Å². The predicted molar refractivity (Wildman–Crippen MR) is 72.7 cm³/mol. The smallest absolute Gasteiger partial charge is 0.255 e. The molecule has 0 aliphatic heterocycles. The number of anilines is 1. The van der Waals surface area contributed by atoms with E-state index in [1.165, 1.54) is 6.07 Å². The fourth-order valence-electron chi connectivity index (χ4n) is 1.42. The molecule has 18 heavy (non-hydrogen) atoms. The van der Waals surface area contributed by atoms with Crippen molar-refractivity contribution in [3.8, 4) is 5.75 Å². The van der Waals surface area contributed by atoms with E-state index in [-0.39, 0.29) is 11.7 Å². The van der Waals surface area contributed by atoms with Gasteiger partial charge in [-0.2, -0.15) is 0 Å². The Morgan fingerprint density at radius 2 is 2.17 bits per heavy atom. The summed E-state index contributed by atoms with van der Waals surface area (Å²) >= 11 is 3.25. The van der Waals surface area contributed by atoms with E-state index in [1.54, 1.807) is 37.4 Å². The summed E-state index contributed by atoms with van der Waals surface area (Å²) in [6.45, 7) is 1.77. The zero-order valence-electron chi connectivity index (χ0n) is 9.64. The molecule has 1 aromatic carbocycles. The van der Waals surface area contributed by atoms with Crippen molar-refractivity contribution >= 4 is 27.5 Å². The van der Waals surface area contributed by atoms with Crippen molar-refractivity contribution in [2.24, 2.45) is 0 Å². The van der Waals surface area contributed by atoms with Gasteiger partial charge in [-0.25, -0.2) is 4.98 Å². The van der Waals surface area contributed by atoms with Crippen LogP contribution in [-0.4, -0.2) is 16.0 Å². The van der Waals surface area contributed by atoms with Crippen molar-refractivity contribution in [1.29, 1.82) is 0 Å². The molecule has 1 amide bonds. The molecule has 1 heterocycles. The number of carbonyl (C=O) groups is 1. The molecular weight excluding hydrogens is 296 g/mol. The van der Waals surface area contributed by atoms with Gasteiger partial charge in [-0.15, -0.1) is 0 Å². The van der Waals surface area contributed by atoms with E-state index in [1.807, 2.05) is 0 Å². The van der Waals surface area contributed by atoms with Gasteiger partial charge in [0.25, 0.3) is 5.91 Å². The molecule has 1 aromatic heterocycles. The number of phenolic OH excluding ortho intramolecular Hbond substituents is 1. The van der Waals surface area contributed by atoms with Gasteiger partial charge in [0.05, 0.1) is 5.69 Å². The van der Waals surface area contributed by atoms with Gasteiger partial charge in [0, 0.05) is 11.8 Å². The fraction of sp³-hybridized carbons (Fsp3) is 0.0769. The van der Waals surface area contributed by atoms with Crippen LogP contribution in [0.1, 0.15) is 15.9 Å². The number of aromatic hydroxyl groups is 1. The average molecular weight is 307 g/mol. The summed E-state index contributed by atoms with van der Waals surface area (Å²) in [5, 5.41) is 12.3. The number of aryl methyl sites for hydroxylation is 1. The summed E-state index contributed by atoms with van der Waals surface area (Å²) in [6.07, 6.45) is 1.62. The first kappa shape index (κ1) is 12.6. The van der Waals surface area contributed by atoms with Gasteiger partial charge in [0.1, 0.15) is 10.4 Å². The summed E-state index contributed by atoms with van der Waals surface area (Å²) in [7, 11) is 0. The number of hydrogen-bond donors (Lipinski definition) is 2. The number of amides is 1. The van der Waals surface area contributed by atoms with Gasteiger partial charge in [-0.05, 0) is 52.7 Å². The molecule has 92 valence electrons. The van der Waals surface area contributed by atoms with Gasteiger partial charge in [-0.3, -0.25) is 4.79 Å². The molecule has 0 spiro atoms. The van der Waals surface area contributed by atoms with Crippen LogP contribution in [0.5, 0.6) is 5.75 Å². The van der Waals surface area contributed by atoms with E-state index >= 15 is 0 Å². The molecule has 0 atom stereocenters. The lowest BCUT2D eigenvalue weighted by Crippen LogP contribution is -2.12. The van der Waals surface area contributed by atoms with E-state index in [2.05, 4.69) is 26.2 Å². The lowest BCUT2D eigenvalue weighted by molar-refractivity contribution is 0.102. The zero-order chi connectivity index (χ0) is 13.1. The van der Waals surface area contributed by atoms with Gasteiger partial charge >= 0.3 is 0 Å².